The number of rotatable bonds is 4. The fourth-order valence-electron chi connectivity index (χ4n) is 2.73. The number of hydrogen-bond donors (Lipinski definition) is 0. The lowest BCUT2D eigenvalue weighted by molar-refractivity contribution is 0.0738. The maximum absolute atomic E-state index is 12.8. The van der Waals surface area contributed by atoms with Crippen LogP contribution in [0, 0.1) is 0 Å². The van der Waals surface area contributed by atoms with Gasteiger partial charge in [-0.3, -0.25) is 9.59 Å². The number of fused-ring (bicyclic) bond motifs is 1. The van der Waals surface area contributed by atoms with E-state index in [0.29, 0.717) is 43.5 Å². The van der Waals surface area contributed by atoms with Gasteiger partial charge in [-0.2, -0.15) is 0 Å². The first kappa shape index (κ1) is 16.1. The normalized spacial score (nSPS) is 12.8. The van der Waals surface area contributed by atoms with Gasteiger partial charge in [0, 0.05) is 31.8 Å². The van der Waals surface area contributed by atoms with E-state index in [1.54, 1.807) is 24.1 Å². The summed E-state index contributed by atoms with van der Waals surface area (Å²) in [7, 11) is 1.60. The van der Waals surface area contributed by atoms with Crippen molar-refractivity contribution < 1.29 is 14.3 Å². The zero-order valence-electron chi connectivity index (χ0n) is 13.8. The Morgan fingerprint density at radius 1 is 1.17 bits per heavy atom. The van der Waals surface area contributed by atoms with Crippen molar-refractivity contribution >= 4 is 5.91 Å². The maximum Gasteiger partial charge on any atom is 0.270 e. The molecule has 6 nitrogen and oxygen atoms in total. The van der Waals surface area contributed by atoms with Gasteiger partial charge in [-0.05, 0) is 19.1 Å². The molecule has 1 aliphatic rings. The molecule has 0 fully saturated rings. The summed E-state index contributed by atoms with van der Waals surface area (Å²) in [6.07, 6.45) is 0. The Kier molecular flexibility index (Phi) is 4.55. The number of amides is 1. The largest absolute Gasteiger partial charge is 0.486 e. The lowest BCUT2D eigenvalue weighted by Crippen LogP contribution is -2.34. The number of ether oxygens (including phenoxy) is 2. The Morgan fingerprint density at radius 3 is 2.71 bits per heavy atom. The third-order valence-electron chi connectivity index (χ3n) is 4.08. The molecule has 0 aliphatic carbocycles. The molecule has 0 spiro atoms. The van der Waals surface area contributed by atoms with Crippen LogP contribution in [0.3, 0.4) is 0 Å². The van der Waals surface area contributed by atoms with Crippen LogP contribution in [0.25, 0.3) is 0 Å². The van der Waals surface area contributed by atoms with Crippen LogP contribution < -0.4 is 15.0 Å². The Morgan fingerprint density at radius 2 is 1.92 bits per heavy atom. The Bertz CT molecular complexity index is 813. The van der Waals surface area contributed by atoms with E-state index in [1.165, 1.54) is 10.6 Å². The number of hydrogen-bond acceptors (Lipinski definition) is 4. The van der Waals surface area contributed by atoms with Gasteiger partial charge in [-0.1, -0.05) is 18.2 Å². The Hall–Kier alpha value is -2.76. The van der Waals surface area contributed by atoms with Crippen LogP contribution in [-0.4, -0.2) is 35.1 Å². The van der Waals surface area contributed by atoms with Crippen molar-refractivity contribution in [3.8, 4) is 11.5 Å². The highest BCUT2D eigenvalue weighted by Gasteiger charge is 2.21. The van der Waals surface area contributed by atoms with Gasteiger partial charge in [-0.25, -0.2) is 0 Å². The monoisotopic (exact) mass is 328 g/mol. The highest BCUT2D eigenvalue weighted by Crippen LogP contribution is 2.34. The molecule has 0 atom stereocenters. The van der Waals surface area contributed by atoms with E-state index in [1.807, 2.05) is 25.1 Å². The van der Waals surface area contributed by atoms with E-state index in [9.17, 15) is 9.59 Å². The summed E-state index contributed by atoms with van der Waals surface area (Å²) >= 11 is 0. The molecular formula is C18H20N2O4. The van der Waals surface area contributed by atoms with Crippen LogP contribution in [0.5, 0.6) is 11.5 Å². The first-order valence-electron chi connectivity index (χ1n) is 7.94. The lowest BCUT2D eigenvalue weighted by Gasteiger charge is -2.25. The zero-order chi connectivity index (χ0) is 17.1. The molecule has 2 heterocycles. The predicted molar refractivity (Wildman–Crippen MR) is 89.5 cm³/mol. The number of para-hydroxylation sites is 1. The number of aromatic nitrogens is 1. The topological polar surface area (TPSA) is 60.8 Å². The second kappa shape index (κ2) is 6.78. The number of carbonyl (C=O) groups excluding carboxylic acids is 1. The first-order valence-corrected chi connectivity index (χ1v) is 7.94. The van der Waals surface area contributed by atoms with Gasteiger partial charge >= 0.3 is 0 Å². The minimum absolute atomic E-state index is 0.188. The predicted octanol–water partition coefficient (Wildman–Crippen LogP) is 1.82. The van der Waals surface area contributed by atoms with Crippen molar-refractivity contribution in [2.24, 2.45) is 7.05 Å². The Labute approximate surface area is 140 Å². The number of benzene rings is 1. The Balaban J connectivity index is 1.89. The molecular weight excluding hydrogens is 308 g/mol. The van der Waals surface area contributed by atoms with Crippen molar-refractivity contribution in [1.82, 2.24) is 9.47 Å². The van der Waals surface area contributed by atoms with Crippen LogP contribution in [-0.2, 0) is 13.6 Å². The molecule has 0 radical (unpaired) electrons. The maximum atomic E-state index is 12.8. The number of carbonyl (C=O) groups is 1. The van der Waals surface area contributed by atoms with Gasteiger partial charge in [0.15, 0.2) is 11.5 Å². The minimum Gasteiger partial charge on any atom is -0.486 e. The van der Waals surface area contributed by atoms with Crippen molar-refractivity contribution in [3.63, 3.8) is 0 Å². The van der Waals surface area contributed by atoms with Crippen molar-refractivity contribution in [2.45, 2.75) is 13.5 Å². The molecule has 0 saturated heterocycles. The molecule has 126 valence electrons. The number of pyridine rings is 1. The molecule has 1 aromatic heterocycles. The summed E-state index contributed by atoms with van der Waals surface area (Å²) in [5, 5.41) is 0. The highest BCUT2D eigenvalue weighted by atomic mass is 16.6. The van der Waals surface area contributed by atoms with Gasteiger partial charge in [0.25, 0.3) is 11.5 Å². The van der Waals surface area contributed by atoms with Crippen molar-refractivity contribution in [2.75, 3.05) is 19.8 Å². The summed E-state index contributed by atoms with van der Waals surface area (Å²) in [4.78, 5) is 26.3. The van der Waals surface area contributed by atoms with E-state index in [0.717, 1.165) is 5.56 Å². The molecule has 1 aromatic carbocycles. The average Bonchev–Trinajstić information content (AvgIpc) is 2.61. The van der Waals surface area contributed by atoms with Crippen molar-refractivity contribution in [1.29, 1.82) is 0 Å². The van der Waals surface area contributed by atoms with Crippen LogP contribution in [0.2, 0.25) is 0 Å². The van der Waals surface area contributed by atoms with E-state index in [2.05, 4.69) is 0 Å². The average molecular weight is 328 g/mol. The first-order chi connectivity index (χ1) is 11.6. The summed E-state index contributed by atoms with van der Waals surface area (Å²) in [5.74, 6) is 1.21. The van der Waals surface area contributed by atoms with Gasteiger partial charge in [0.2, 0.25) is 0 Å². The van der Waals surface area contributed by atoms with Gasteiger partial charge in [-0.15, -0.1) is 0 Å². The molecule has 0 bridgehead atoms. The van der Waals surface area contributed by atoms with E-state index >= 15 is 0 Å². The second-order valence-electron chi connectivity index (χ2n) is 5.57. The van der Waals surface area contributed by atoms with E-state index < -0.39 is 0 Å². The minimum atomic E-state index is -0.203. The van der Waals surface area contributed by atoms with E-state index in [-0.39, 0.29) is 11.5 Å². The standard InChI is InChI=1S/C18H20N2O4/c1-3-20(18(22)14-7-5-9-16(21)19(14)2)12-13-6-4-8-15-17(13)24-11-10-23-15/h4-9H,3,10-12H2,1-2H3. The third-order valence-corrected chi connectivity index (χ3v) is 4.08. The quantitative estimate of drug-likeness (QED) is 0.859. The third kappa shape index (κ3) is 2.99. The van der Waals surface area contributed by atoms with Gasteiger partial charge in [0.05, 0.1) is 0 Å². The molecule has 6 heteroatoms. The second-order valence-corrected chi connectivity index (χ2v) is 5.57. The fourth-order valence-corrected chi connectivity index (χ4v) is 2.73. The van der Waals surface area contributed by atoms with Crippen LogP contribution in [0.15, 0.2) is 41.2 Å². The SMILES string of the molecule is CCN(Cc1cccc2c1OCCO2)C(=O)c1cccc(=O)n1C. The summed E-state index contributed by atoms with van der Waals surface area (Å²) in [6.45, 7) is 3.85. The smallest absolute Gasteiger partial charge is 0.270 e. The van der Waals surface area contributed by atoms with Crippen molar-refractivity contribution in [3.05, 3.63) is 58.0 Å². The van der Waals surface area contributed by atoms with Crippen LogP contribution in [0.4, 0.5) is 0 Å². The molecule has 0 saturated carbocycles. The van der Waals surface area contributed by atoms with Gasteiger partial charge < -0.3 is 18.9 Å². The summed E-state index contributed by atoms with van der Waals surface area (Å²) < 4.78 is 12.7. The molecule has 2 aromatic rings. The van der Waals surface area contributed by atoms with Gasteiger partial charge in [0.1, 0.15) is 18.9 Å². The summed E-state index contributed by atoms with van der Waals surface area (Å²) in [5.41, 5.74) is 1.06. The molecule has 0 unspecified atom stereocenters. The molecule has 24 heavy (non-hydrogen) atoms. The molecule has 1 aliphatic heterocycles. The zero-order valence-corrected chi connectivity index (χ0v) is 13.8. The number of nitrogens with zero attached hydrogens (tertiary/aromatic N) is 2. The fraction of sp³-hybridized carbons (Fsp3) is 0.333. The lowest BCUT2D eigenvalue weighted by atomic mass is 10.1. The molecule has 3 rings (SSSR count). The molecule has 0 N–H and O–H groups in total. The van der Waals surface area contributed by atoms with Crippen LogP contribution >= 0.6 is 0 Å². The van der Waals surface area contributed by atoms with Crippen LogP contribution in [0.1, 0.15) is 23.0 Å². The highest BCUT2D eigenvalue weighted by molar-refractivity contribution is 5.92. The van der Waals surface area contributed by atoms with E-state index in [4.69, 9.17) is 9.47 Å². The summed E-state index contributed by atoms with van der Waals surface area (Å²) in [6, 6.07) is 10.4. The molecule has 1 amide bonds.